The van der Waals surface area contributed by atoms with Crippen molar-refractivity contribution in [3.05, 3.63) is 65.5 Å². The summed E-state index contributed by atoms with van der Waals surface area (Å²) in [5.74, 6) is 1.08. The number of nitrogens with one attached hydrogen (secondary N) is 2. The topological polar surface area (TPSA) is 59.9 Å². The van der Waals surface area contributed by atoms with Gasteiger partial charge in [0.2, 0.25) is 0 Å². The van der Waals surface area contributed by atoms with Gasteiger partial charge in [-0.3, -0.25) is 0 Å². The van der Waals surface area contributed by atoms with E-state index in [9.17, 15) is 9.50 Å². The smallest absolute Gasteiger partial charge is 0.191 e. The maximum absolute atomic E-state index is 13.7. The Labute approximate surface area is 190 Å². The van der Waals surface area contributed by atoms with Crippen LogP contribution in [-0.4, -0.2) is 43.9 Å². The van der Waals surface area contributed by atoms with Crippen LogP contribution in [-0.2, 0) is 12.0 Å². The number of guanidine groups is 1. The third kappa shape index (κ3) is 5.60. The van der Waals surface area contributed by atoms with E-state index in [-0.39, 0.29) is 11.2 Å². The summed E-state index contributed by atoms with van der Waals surface area (Å²) >= 11 is 0. The van der Waals surface area contributed by atoms with Gasteiger partial charge in [-0.05, 0) is 73.9 Å². The summed E-state index contributed by atoms with van der Waals surface area (Å²) in [6.07, 6.45) is 4.24. The number of aliphatic hydroxyl groups excluding tert-OH is 1. The van der Waals surface area contributed by atoms with E-state index in [2.05, 4.69) is 46.7 Å². The monoisotopic (exact) mass is 438 g/mol. The van der Waals surface area contributed by atoms with Crippen LogP contribution in [0.2, 0.25) is 0 Å². The van der Waals surface area contributed by atoms with Crippen molar-refractivity contribution in [2.75, 3.05) is 37.7 Å². The van der Waals surface area contributed by atoms with Gasteiger partial charge in [0, 0.05) is 43.9 Å². The van der Waals surface area contributed by atoms with Crippen molar-refractivity contribution in [3.8, 4) is 0 Å². The lowest BCUT2D eigenvalue weighted by atomic mass is 9.96. The molecule has 3 N–H and O–H groups in total. The van der Waals surface area contributed by atoms with E-state index in [1.165, 1.54) is 17.3 Å². The Bertz CT molecular complexity index is 902. The van der Waals surface area contributed by atoms with E-state index in [1.807, 2.05) is 6.07 Å². The highest BCUT2D eigenvalue weighted by molar-refractivity contribution is 5.80. The fourth-order valence-electron chi connectivity index (χ4n) is 4.49. The second-order valence-corrected chi connectivity index (χ2v) is 9.12. The zero-order chi connectivity index (χ0) is 22.4. The fourth-order valence-corrected chi connectivity index (χ4v) is 4.49. The third-order valence-electron chi connectivity index (χ3n) is 6.82. The molecule has 0 aromatic heterocycles. The Morgan fingerprint density at radius 1 is 1.12 bits per heavy atom. The molecule has 2 aliphatic rings. The van der Waals surface area contributed by atoms with E-state index < -0.39 is 0 Å². The van der Waals surface area contributed by atoms with Crippen LogP contribution < -0.4 is 15.5 Å². The highest BCUT2D eigenvalue weighted by atomic mass is 19.1. The number of nitrogens with zero attached hydrogens (tertiary/aromatic N) is 2. The van der Waals surface area contributed by atoms with Gasteiger partial charge in [-0.2, -0.15) is 0 Å². The molecule has 0 atom stereocenters. The molecule has 6 heteroatoms. The van der Waals surface area contributed by atoms with Gasteiger partial charge in [0.15, 0.2) is 5.96 Å². The van der Waals surface area contributed by atoms with Gasteiger partial charge in [-0.1, -0.05) is 24.3 Å². The molecule has 0 amide bonds. The highest BCUT2D eigenvalue weighted by Gasteiger charge is 2.44. The molecule has 0 bridgehead atoms. The first-order valence-electron chi connectivity index (χ1n) is 11.8. The lowest BCUT2D eigenvalue weighted by Crippen LogP contribution is -2.41. The molecule has 5 nitrogen and oxygen atoms in total. The van der Waals surface area contributed by atoms with E-state index in [4.69, 9.17) is 4.99 Å². The summed E-state index contributed by atoms with van der Waals surface area (Å²) in [6.45, 7) is 6.53. The number of piperidine rings is 1. The molecule has 1 aliphatic heterocycles. The van der Waals surface area contributed by atoms with Gasteiger partial charge in [0.1, 0.15) is 5.82 Å². The van der Waals surface area contributed by atoms with Crippen molar-refractivity contribution in [1.29, 1.82) is 0 Å². The Balaban J connectivity index is 1.33. The molecular weight excluding hydrogens is 403 g/mol. The van der Waals surface area contributed by atoms with Crippen LogP contribution in [0.1, 0.15) is 43.7 Å². The zero-order valence-corrected chi connectivity index (χ0v) is 19.0. The summed E-state index contributed by atoms with van der Waals surface area (Å²) in [6, 6.07) is 15.6. The van der Waals surface area contributed by atoms with Crippen molar-refractivity contribution in [2.24, 2.45) is 10.9 Å². The van der Waals surface area contributed by atoms with Crippen molar-refractivity contribution >= 4 is 11.6 Å². The lowest BCUT2D eigenvalue weighted by molar-refractivity contribution is 0.203. The van der Waals surface area contributed by atoms with Crippen LogP contribution in [0, 0.1) is 11.7 Å². The SMILES string of the molecule is CCNC(=NCc1ccc(N2CCC(CO)CC2)cc1)NCC1(c2cccc(F)c2)CC1. The molecule has 172 valence electrons. The molecule has 2 aromatic rings. The molecule has 1 heterocycles. The predicted molar refractivity (Wildman–Crippen MR) is 129 cm³/mol. The van der Waals surface area contributed by atoms with Crippen LogP contribution >= 0.6 is 0 Å². The van der Waals surface area contributed by atoms with Gasteiger partial charge in [0.05, 0.1) is 6.54 Å². The Kier molecular flexibility index (Phi) is 7.30. The summed E-state index contributed by atoms with van der Waals surface area (Å²) in [5, 5.41) is 16.1. The molecule has 1 aliphatic carbocycles. The number of halogens is 1. The predicted octanol–water partition coefficient (Wildman–Crippen LogP) is 3.82. The lowest BCUT2D eigenvalue weighted by Gasteiger charge is -2.32. The van der Waals surface area contributed by atoms with Crippen LogP contribution in [0.15, 0.2) is 53.5 Å². The van der Waals surface area contributed by atoms with Crippen LogP contribution in [0.3, 0.4) is 0 Å². The zero-order valence-electron chi connectivity index (χ0n) is 19.0. The van der Waals surface area contributed by atoms with E-state index in [0.717, 1.165) is 63.4 Å². The molecule has 2 fully saturated rings. The maximum Gasteiger partial charge on any atom is 0.191 e. The molecule has 2 aromatic carbocycles. The third-order valence-corrected chi connectivity index (χ3v) is 6.82. The highest BCUT2D eigenvalue weighted by Crippen LogP contribution is 2.47. The maximum atomic E-state index is 13.7. The molecule has 0 spiro atoms. The van der Waals surface area contributed by atoms with Gasteiger partial charge in [-0.15, -0.1) is 0 Å². The Morgan fingerprint density at radius 3 is 2.50 bits per heavy atom. The summed E-state index contributed by atoms with van der Waals surface area (Å²) < 4.78 is 13.7. The molecule has 32 heavy (non-hydrogen) atoms. The fraction of sp³-hybridized carbons (Fsp3) is 0.500. The number of benzene rings is 2. The molecule has 4 rings (SSSR count). The van der Waals surface area contributed by atoms with Gasteiger partial charge >= 0.3 is 0 Å². The van der Waals surface area contributed by atoms with Crippen molar-refractivity contribution in [1.82, 2.24) is 10.6 Å². The van der Waals surface area contributed by atoms with E-state index in [0.29, 0.717) is 19.1 Å². The molecule has 0 radical (unpaired) electrons. The largest absolute Gasteiger partial charge is 0.396 e. The number of aliphatic imine (C=N–C) groups is 1. The molecular formula is C26H35FN4O. The van der Waals surface area contributed by atoms with Gasteiger partial charge < -0.3 is 20.6 Å². The first kappa shape index (κ1) is 22.6. The van der Waals surface area contributed by atoms with Crippen LogP contribution in [0.5, 0.6) is 0 Å². The minimum atomic E-state index is -0.171. The normalized spacial score (nSPS) is 18.5. The van der Waals surface area contributed by atoms with E-state index >= 15 is 0 Å². The first-order valence-corrected chi connectivity index (χ1v) is 11.8. The van der Waals surface area contributed by atoms with E-state index in [1.54, 1.807) is 12.1 Å². The van der Waals surface area contributed by atoms with Crippen LogP contribution in [0.4, 0.5) is 10.1 Å². The average Bonchev–Trinajstić information content (AvgIpc) is 3.63. The number of rotatable bonds is 8. The van der Waals surface area contributed by atoms with Crippen molar-refractivity contribution in [3.63, 3.8) is 0 Å². The number of hydrogen-bond acceptors (Lipinski definition) is 3. The first-order chi connectivity index (χ1) is 15.6. The Hall–Kier alpha value is -2.60. The number of anilines is 1. The quantitative estimate of drug-likeness (QED) is 0.433. The standard InChI is InChI=1S/C26H35FN4O/c1-2-28-25(30-19-26(12-13-26)22-4-3-5-23(27)16-22)29-17-20-6-8-24(9-7-20)31-14-10-21(18-32)11-15-31/h3-9,16,21,32H,2,10-15,17-19H2,1H3,(H2,28,29,30). The molecule has 1 saturated carbocycles. The summed E-state index contributed by atoms with van der Waals surface area (Å²) in [5.41, 5.74) is 3.50. The minimum absolute atomic E-state index is 0.0173. The van der Waals surface area contributed by atoms with Crippen molar-refractivity contribution < 1.29 is 9.50 Å². The van der Waals surface area contributed by atoms with Crippen molar-refractivity contribution in [2.45, 2.75) is 44.6 Å². The van der Waals surface area contributed by atoms with Gasteiger partial charge in [-0.25, -0.2) is 9.38 Å². The second-order valence-electron chi connectivity index (χ2n) is 9.12. The number of aliphatic hydroxyl groups is 1. The average molecular weight is 439 g/mol. The number of hydrogen-bond donors (Lipinski definition) is 3. The summed E-state index contributed by atoms with van der Waals surface area (Å²) in [7, 11) is 0. The molecule has 0 unspecified atom stereocenters. The molecule has 1 saturated heterocycles. The second kappa shape index (κ2) is 10.3. The Morgan fingerprint density at radius 2 is 1.88 bits per heavy atom. The van der Waals surface area contributed by atoms with Gasteiger partial charge in [0.25, 0.3) is 0 Å². The minimum Gasteiger partial charge on any atom is -0.396 e. The summed E-state index contributed by atoms with van der Waals surface area (Å²) in [4.78, 5) is 7.16. The van der Waals surface area contributed by atoms with Crippen LogP contribution in [0.25, 0.3) is 0 Å².